The van der Waals surface area contributed by atoms with Crippen molar-refractivity contribution in [2.75, 3.05) is 6.61 Å². The summed E-state index contributed by atoms with van der Waals surface area (Å²) in [4.78, 5) is 12.9. The van der Waals surface area contributed by atoms with Gasteiger partial charge in [-0.05, 0) is 68.6 Å². The van der Waals surface area contributed by atoms with Crippen molar-refractivity contribution in [1.82, 2.24) is 4.57 Å². The van der Waals surface area contributed by atoms with Crippen LogP contribution in [0.5, 0.6) is 0 Å². The highest BCUT2D eigenvalue weighted by atomic mass is 16.7. The molecule has 3 aromatic carbocycles. The average molecular weight is 519 g/mol. The molecule has 39 heavy (non-hydrogen) atoms. The molecule has 198 valence electrons. The van der Waals surface area contributed by atoms with Crippen LogP contribution in [0.2, 0.25) is 0 Å². The van der Waals surface area contributed by atoms with Crippen molar-refractivity contribution in [1.29, 1.82) is 0 Å². The van der Waals surface area contributed by atoms with Gasteiger partial charge in [-0.2, -0.15) is 0 Å². The molecule has 5 rings (SSSR count). The standard InChI is InChI=1S/C33H34BNO4/c1-32(2)33(3,4)39-34(38-32)29(26-16-9-6-10-17-26)23-31(36)37-21-13-19-28-22-27-18-11-12-20-30(27)35(28)24-25-14-7-5-8-15-25/h5-20,22-23H,21,24H2,1-4H3/b19-13+,29-23-. The third-order valence-corrected chi connectivity index (χ3v) is 7.52. The highest BCUT2D eigenvalue weighted by molar-refractivity contribution is 6.69. The molecule has 0 atom stereocenters. The molecule has 0 aliphatic carbocycles. The summed E-state index contributed by atoms with van der Waals surface area (Å²) in [6, 6.07) is 30.5. The van der Waals surface area contributed by atoms with Crippen LogP contribution in [0.4, 0.5) is 0 Å². The molecule has 5 nitrogen and oxygen atoms in total. The Morgan fingerprint density at radius 2 is 1.49 bits per heavy atom. The van der Waals surface area contributed by atoms with Crippen molar-refractivity contribution < 1.29 is 18.8 Å². The van der Waals surface area contributed by atoms with Gasteiger partial charge in [-0.3, -0.25) is 0 Å². The third-order valence-electron chi connectivity index (χ3n) is 7.52. The largest absolute Gasteiger partial charge is 0.495 e. The predicted octanol–water partition coefficient (Wildman–Crippen LogP) is 6.96. The Hall–Kier alpha value is -3.87. The highest BCUT2D eigenvalue weighted by Crippen LogP contribution is 2.40. The number of carbonyl (C=O) groups excluding carboxylic acids is 1. The van der Waals surface area contributed by atoms with Crippen LogP contribution in [0, 0.1) is 0 Å². The molecule has 0 unspecified atom stereocenters. The molecule has 1 aliphatic rings. The summed E-state index contributed by atoms with van der Waals surface area (Å²) in [5.74, 6) is -0.446. The van der Waals surface area contributed by atoms with Crippen LogP contribution in [0.25, 0.3) is 22.5 Å². The van der Waals surface area contributed by atoms with Gasteiger partial charge in [0, 0.05) is 29.2 Å². The second kappa shape index (κ2) is 11.1. The summed E-state index contributed by atoms with van der Waals surface area (Å²) in [6.07, 6.45) is 5.36. The normalized spacial score (nSPS) is 16.7. The van der Waals surface area contributed by atoms with Crippen molar-refractivity contribution in [3.8, 4) is 0 Å². The third kappa shape index (κ3) is 5.92. The summed E-state index contributed by atoms with van der Waals surface area (Å²) >= 11 is 0. The molecule has 1 fully saturated rings. The maximum Gasteiger partial charge on any atom is 0.495 e. The van der Waals surface area contributed by atoms with Gasteiger partial charge in [0.05, 0.1) is 11.2 Å². The molecule has 2 heterocycles. The molecule has 6 heteroatoms. The number of nitrogens with zero attached hydrogens (tertiary/aromatic N) is 1. The molecule has 0 radical (unpaired) electrons. The van der Waals surface area contributed by atoms with Crippen LogP contribution in [0.15, 0.2) is 103 Å². The van der Waals surface area contributed by atoms with Gasteiger partial charge in [-0.25, -0.2) is 4.79 Å². The Balaban J connectivity index is 1.32. The average Bonchev–Trinajstić information content (AvgIpc) is 3.38. The first-order valence-corrected chi connectivity index (χ1v) is 13.3. The van der Waals surface area contributed by atoms with E-state index in [0.717, 1.165) is 23.3 Å². The van der Waals surface area contributed by atoms with Crippen LogP contribution < -0.4 is 0 Å². The van der Waals surface area contributed by atoms with E-state index in [1.54, 1.807) is 0 Å². The Labute approximate surface area is 230 Å². The van der Waals surface area contributed by atoms with Crippen LogP contribution in [0.3, 0.4) is 0 Å². The molecule has 1 aromatic heterocycles. The minimum atomic E-state index is -0.672. The molecular weight excluding hydrogens is 485 g/mol. The number of hydrogen-bond donors (Lipinski definition) is 0. The number of hydrogen-bond acceptors (Lipinski definition) is 4. The molecular formula is C33H34BNO4. The zero-order valence-electron chi connectivity index (χ0n) is 23.0. The first-order chi connectivity index (χ1) is 18.7. The Kier molecular flexibility index (Phi) is 7.60. The van der Waals surface area contributed by atoms with Gasteiger partial charge >= 0.3 is 13.1 Å². The lowest BCUT2D eigenvalue weighted by Gasteiger charge is -2.32. The van der Waals surface area contributed by atoms with E-state index in [0.29, 0.717) is 5.47 Å². The van der Waals surface area contributed by atoms with E-state index in [9.17, 15) is 4.79 Å². The maximum atomic E-state index is 12.9. The predicted molar refractivity (Wildman–Crippen MR) is 158 cm³/mol. The molecule has 0 spiro atoms. The quantitative estimate of drug-likeness (QED) is 0.143. The fourth-order valence-corrected chi connectivity index (χ4v) is 4.67. The number of ether oxygens (including phenoxy) is 1. The number of benzene rings is 3. The van der Waals surface area contributed by atoms with Crippen molar-refractivity contribution >= 4 is 35.5 Å². The first kappa shape index (κ1) is 26.7. The van der Waals surface area contributed by atoms with Gasteiger partial charge in [0.2, 0.25) is 0 Å². The van der Waals surface area contributed by atoms with E-state index >= 15 is 0 Å². The van der Waals surface area contributed by atoms with Crippen LogP contribution in [-0.4, -0.2) is 35.5 Å². The van der Waals surface area contributed by atoms with Crippen LogP contribution in [0.1, 0.15) is 44.5 Å². The number of aromatic nitrogens is 1. The first-order valence-electron chi connectivity index (χ1n) is 13.3. The van der Waals surface area contributed by atoms with Crippen molar-refractivity contribution in [2.45, 2.75) is 45.4 Å². The van der Waals surface area contributed by atoms with E-state index in [1.807, 2.05) is 82.3 Å². The second-order valence-corrected chi connectivity index (χ2v) is 10.8. The van der Waals surface area contributed by atoms with Gasteiger partial charge in [0.15, 0.2) is 0 Å². The number of carbonyl (C=O) groups is 1. The maximum absolute atomic E-state index is 12.9. The van der Waals surface area contributed by atoms with Crippen LogP contribution >= 0.6 is 0 Å². The van der Waals surface area contributed by atoms with Gasteiger partial charge in [-0.1, -0.05) is 78.9 Å². The lowest BCUT2D eigenvalue weighted by atomic mass is 9.74. The minimum Gasteiger partial charge on any atom is -0.458 e. The van der Waals surface area contributed by atoms with Crippen molar-refractivity contribution in [3.63, 3.8) is 0 Å². The molecule has 4 aromatic rings. The SMILES string of the molecule is CC1(C)OB(/C(=C\C(=O)OC/C=C/c2cc3ccccc3n2Cc2ccccc2)c2ccccc2)OC1(C)C. The van der Waals surface area contributed by atoms with E-state index in [4.69, 9.17) is 14.0 Å². The number of rotatable bonds is 8. The summed E-state index contributed by atoms with van der Waals surface area (Å²) < 4.78 is 20.3. The molecule has 0 saturated carbocycles. The molecule has 1 aliphatic heterocycles. The zero-order chi connectivity index (χ0) is 27.5. The van der Waals surface area contributed by atoms with E-state index in [1.165, 1.54) is 17.0 Å². The molecule has 0 bridgehead atoms. The number of para-hydroxylation sites is 1. The van der Waals surface area contributed by atoms with E-state index in [2.05, 4.69) is 53.1 Å². The van der Waals surface area contributed by atoms with E-state index in [-0.39, 0.29) is 6.61 Å². The zero-order valence-corrected chi connectivity index (χ0v) is 23.0. The number of fused-ring (bicyclic) bond motifs is 1. The van der Waals surface area contributed by atoms with Crippen molar-refractivity contribution in [2.24, 2.45) is 0 Å². The molecule has 1 saturated heterocycles. The van der Waals surface area contributed by atoms with Crippen LogP contribution in [-0.2, 0) is 25.4 Å². The minimum absolute atomic E-state index is 0.146. The smallest absolute Gasteiger partial charge is 0.458 e. The van der Waals surface area contributed by atoms with Gasteiger partial charge in [-0.15, -0.1) is 0 Å². The second-order valence-electron chi connectivity index (χ2n) is 10.8. The van der Waals surface area contributed by atoms with Gasteiger partial charge in [0.25, 0.3) is 0 Å². The summed E-state index contributed by atoms with van der Waals surface area (Å²) in [5, 5.41) is 1.17. The Morgan fingerprint density at radius 1 is 0.872 bits per heavy atom. The summed E-state index contributed by atoms with van der Waals surface area (Å²) in [6.45, 7) is 8.88. The molecule has 0 amide bonds. The topological polar surface area (TPSA) is 49.7 Å². The van der Waals surface area contributed by atoms with Crippen molar-refractivity contribution in [3.05, 3.63) is 120 Å². The monoisotopic (exact) mass is 519 g/mol. The lowest BCUT2D eigenvalue weighted by Crippen LogP contribution is -2.41. The fraction of sp³-hybridized carbons (Fsp3) is 0.242. The lowest BCUT2D eigenvalue weighted by molar-refractivity contribution is -0.136. The Bertz CT molecular complexity index is 1490. The summed E-state index contributed by atoms with van der Waals surface area (Å²) in [5.41, 5.74) is 3.90. The number of esters is 1. The summed E-state index contributed by atoms with van der Waals surface area (Å²) in [7, 11) is -0.672. The van der Waals surface area contributed by atoms with Gasteiger partial charge in [0.1, 0.15) is 6.61 Å². The van der Waals surface area contributed by atoms with E-state index < -0.39 is 24.3 Å². The Morgan fingerprint density at radius 3 is 2.18 bits per heavy atom. The fourth-order valence-electron chi connectivity index (χ4n) is 4.67. The molecule has 0 N–H and O–H groups in total. The highest BCUT2D eigenvalue weighted by Gasteiger charge is 2.52. The van der Waals surface area contributed by atoms with Gasteiger partial charge < -0.3 is 18.6 Å².